The Morgan fingerprint density at radius 3 is 2.47 bits per heavy atom. The van der Waals surface area contributed by atoms with Gasteiger partial charge in [-0.05, 0) is 114 Å². The first-order valence-electron chi connectivity index (χ1n) is 23.0. The van der Waals surface area contributed by atoms with Crippen molar-refractivity contribution in [2.24, 2.45) is 5.92 Å². The molecule has 1 fully saturated rings. The van der Waals surface area contributed by atoms with Crippen LogP contribution < -0.4 is 26.1 Å². The smallest absolute Gasteiger partial charge is 0.494 e. The zero-order chi connectivity index (χ0) is 48.1. The molecule has 0 spiro atoms. The number of esters is 1. The highest BCUT2D eigenvalue weighted by Gasteiger charge is 2.51. The lowest BCUT2D eigenvalue weighted by Crippen LogP contribution is -2.50. The predicted molar refractivity (Wildman–Crippen MR) is 255 cm³/mol. The number of piperidine rings is 1. The average Bonchev–Trinajstić information content (AvgIpc) is 3.91. The van der Waals surface area contributed by atoms with Crippen molar-refractivity contribution in [1.29, 1.82) is 0 Å². The molecule has 4 aromatic heterocycles. The summed E-state index contributed by atoms with van der Waals surface area (Å²) < 4.78 is 30.5. The Morgan fingerprint density at radius 2 is 1.74 bits per heavy atom. The number of thiophene rings is 1. The van der Waals surface area contributed by atoms with Gasteiger partial charge in [0.1, 0.15) is 28.5 Å². The maximum atomic E-state index is 14.3. The summed E-state index contributed by atoms with van der Waals surface area (Å²) in [5.74, 6) is 0.428. The second-order valence-corrected chi connectivity index (χ2v) is 19.2. The Labute approximate surface area is 395 Å². The van der Waals surface area contributed by atoms with Crippen LogP contribution in [0.15, 0.2) is 59.4 Å². The van der Waals surface area contributed by atoms with Gasteiger partial charge in [-0.25, -0.2) is 29.3 Å². The van der Waals surface area contributed by atoms with Crippen LogP contribution >= 0.6 is 11.3 Å². The minimum Gasteiger partial charge on any atom is -0.494 e. The molecule has 68 heavy (non-hydrogen) atoms. The van der Waals surface area contributed by atoms with E-state index < -0.39 is 29.4 Å². The molecule has 0 radical (unpaired) electrons. The van der Waals surface area contributed by atoms with Crippen LogP contribution in [-0.2, 0) is 44.2 Å². The number of ether oxygens (including phenoxy) is 5. The normalized spacial score (nSPS) is 16.7. The van der Waals surface area contributed by atoms with Crippen molar-refractivity contribution in [3.05, 3.63) is 92.1 Å². The lowest BCUT2D eigenvalue weighted by atomic mass is 9.85. The van der Waals surface area contributed by atoms with E-state index in [1.165, 1.54) is 11.3 Å². The van der Waals surface area contributed by atoms with Crippen molar-refractivity contribution in [1.82, 2.24) is 29.7 Å². The monoisotopic (exact) mass is 943 g/mol. The van der Waals surface area contributed by atoms with E-state index >= 15 is 0 Å². The first kappa shape index (κ1) is 46.0. The molecule has 0 saturated carbocycles. The minimum atomic E-state index is -1.85. The highest BCUT2D eigenvalue weighted by molar-refractivity contribution is 7.20. The summed E-state index contributed by atoms with van der Waals surface area (Å²) in [5.41, 5.74) is 8.61. The summed E-state index contributed by atoms with van der Waals surface area (Å²) in [6, 6.07) is 16.3. The summed E-state index contributed by atoms with van der Waals surface area (Å²) in [7, 11) is 0. The third-order valence-corrected chi connectivity index (χ3v) is 13.7. The fourth-order valence-electron chi connectivity index (χ4n) is 9.34. The number of aromatic nitrogens is 4. The van der Waals surface area contributed by atoms with Gasteiger partial charge in [-0.15, -0.1) is 11.3 Å². The second kappa shape index (κ2) is 18.2. The number of cyclic esters (lactones) is 1. The molecule has 1 saturated heterocycles. The number of nitrogens with zero attached hydrogens (tertiary/aromatic N) is 5. The van der Waals surface area contributed by atoms with Crippen LogP contribution in [0, 0.1) is 5.92 Å². The number of pyridine rings is 2. The maximum Gasteiger partial charge on any atom is 0.514 e. The van der Waals surface area contributed by atoms with E-state index in [-0.39, 0.29) is 48.5 Å². The van der Waals surface area contributed by atoms with Crippen molar-refractivity contribution >= 4 is 62.5 Å². The summed E-state index contributed by atoms with van der Waals surface area (Å²) in [5, 5.41) is 4.33. The van der Waals surface area contributed by atoms with Crippen LogP contribution in [0.2, 0.25) is 0 Å². The SMILES string of the molecule is CCNC(=O)c1cc2c(-c3cccc(OCCC4CCN(C(=O)O[C@@]5(CC)C(=O)OCc6c5cc5n(c6=O)Cc6c-5nc5ccc(OC(=O)OC(C)(C)C)cc5c6CC)CC4)c3)nc(N)nc2s1. The van der Waals surface area contributed by atoms with Gasteiger partial charge in [-0.2, -0.15) is 0 Å². The Hall–Kier alpha value is -7.08. The van der Waals surface area contributed by atoms with Gasteiger partial charge in [0, 0.05) is 47.1 Å². The fraction of sp³-hybridized carbons (Fsp3) is 0.400. The molecule has 0 aliphatic carbocycles. The number of rotatable bonds is 11. The molecule has 6 aromatic rings. The van der Waals surface area contributed by atoms with Gasteiger partial charge in [0.25, 0.3) is 11.5 Å². The molecule has 1 atom stereocenters. The zero-order valence-corrected chi connectivity index (χ0v) is 39.7. The van der Waals surface area contributed by atoms with Crippen LogP contribution in [0.1, 0.15) is 99.2 Å². The van der Waals surface area contributed by atoms with Gasteiger partial charge in [0.15, 0.2) is 0 Å². The largest absolute Gasteiger partial charge is 0.514 e. The first-order valence-corrected chi connectivity index (χ1v) is 23.8. The lowest BCUT2D eigenvalue weighted by Gasteiger charge is -2.38. The van der Waals surface area contributed by atoms with E-state index in [4.69, 9.17) is 34.4 Å². The molecule has 0 unspecified atom stereocenters. The van der Waals surface area contributed by atoms with Gasteiger partial charge in [-0.1, -0.05) is 26.0 Å². The van der Waals surface area contributed by atoms with E-state index in [0.717, 1.165) is 33.9 Å². The molecule has 354 valence electrons. The van der Waals surface area contributed by atoms with Crippen LogP contribution in [0.25, 0.3) is 43.8 Å². The van der Waals surface area contributed by atoms with Crippen molar-refractivity contribution in [2.45, 2.75) is 98.0 Å². The van der Waals surface area contributed by atoms with Crippen molar-refractivity contribution in [2.75, 3.05) is 32.0 Å². The van der Waals surface area contributed by atoms with E-state index in [1.807, 2.05) is 38.1 Å². The first-order chi connectivity index (χ1) is 32.6. The van der Waals surface area contributed by atoms with Gasteiger partial charge in [0.2, 0.25) is 11.5 Å². The van der Waals surface area contributed by atoms with Crippen LogP contribution in [0.3, 0.4) is 0 Å². The Kier molecular flexibility index (Phi) is 12.3. The number of carbonyl (C=O) groups excluding carboxylic acids is 4. The highest BCUT2D eigenvalue weighted by Crippen LogP contribution is 2.43. The molecule has 2 aromatic carbocycles. The number of likely N-dealkylation sites (tertiary alicyclic amines) is 1. The second-order valence-electron chi connectivity index (χ2n) is 18.2. The minimum absolute atomic E-state index is 0.0427. The molecule has 18 heteroatoms. The third-order valence-electron chi connectivity index (χ3n) is 12.7. The van der Waals surface area contributed by atoms with Gasteiger partial charge >= 0.3 is 18.2 Å². The van der Waals surface area contributed by atoms with E-state index in [2.05, 4.69) is 15.3 Å². The maximum absolute atomic E-state index is 14.3. The molecular formula is C50H53N7O10S. The number of anilines is 1. The number of fused-ring (bicyclic) bond motifs is 6. The summed E-state index contributed by atoms with van der Waals surface area (Å²) >= 11 is 1.26. The summed E-state index contributed by atoms with van der Waals surface area (Å²) in [4.78, 5) is 83.8. The summed E-state index contributed by atoms with van der Waals surface area (Å²) in [6.45, 7) is 12.6. The van der Waals surface area contributed by atoms with Crippen LogP contribution in [0.4, 0.5) is 15.5 Å². The Balaban J connectivity index is 0.873. The van der Waals surface area contributed by atoms with Crippen LogP contribution in [-0.4, -0.2) is 80.4 Å². The van der Waals surface area contributed by atoms with Crippen molar-refractivity contribution in [3.63, 3.8) is 0 Å². The number of aryl methyl sites for hydroxylation is 1. The average molecular weight is 944 g/mol. The summed E-state index contributed by atoms with van der Waals surface area (Å²) in [6.07, 6.45) is 1.30. The molecule has 7 heterocycles. The molecule has 2 amide bonds. The van der Waals surface area contributed by atoms with Gasteiger partial charge in [0.05, 0.1) is 46.2 Å². The number of carbonyl (C=O) groups is 4. The molecule has 3 N–H and O–H groups in total. The fourth-order valence-corrected chi connectivity index (χ4v) is 10.3. The topological polar surface area (TPSA) is 216 Å². The number of nitrogen functional groups attached to an aromatic ring is 1. The number of nitrogens with one attached hydrogen (secondary N) is 1. The zero-order valence-electron chi connectivity index (χ0n) is 38.9. The molecular weight excluding hydrogens is 891 g/mol. The number of hydrogen-bond acceptors (Lipinski definition) is 15. The molecule has 3 aliphatic heterocycles. The molecule has 9 rings (SSSR count). The molecule has 3 aliphatic rings. The number of hydrogen-bond donors (Lipinski definition) is 2. The Morgan fingerprint density at radius 1 is 0.941 bits per heavy atom. The van der Waals surface area contributed by atoms with Crippen molar-refractivity contribution in [3.8, 4) is 34.1 Å². The van der Waals surface area contributed by atoms with E-state index in [1.54, 1.807) is 67.5 Å². The third kappa shape index (κ3) is 8.68. The number of nitrogens with two attached hydrogens (primary N) is 1. The van der Waals surface area contributed by atoms with Crippen LogP contribution in [0.5, 0.6) is 11.5 Å². The Bertz CT molecular complexity index is 3080. The van der Waals surface area contributed by atoms with Gasteiger partial charge in [-0.3, -0.25) is 9.59 Å². The van der Waals surface area contributed by atoms with Crippen molar-refractivity contribution < 1.29 is 42.9 Å². The predicted octanol–water partition coefficient (Wildman–Crippen LogP) is 8.28. The van der Waals surface area contributed by atoms with E-state index in [9.17, 15) is 24.0 Å². The standard InChI is InChI=1S/C50H53N7O10S/c1-7-31-32-22-30(65-48(62)67-49(4,5)6)13-14-37(32)53-41-34(31)25-57-38(41)24-36-35(44(57)59)26-64-45(60)50(36,8-2)66-47(61)56-18-15-27(16-19-56)17-20-63-29-12-10-11-28(21-29)40-33-23-39(42(58)52-9-3)68-43(33)55-46(51)54-40/h10-14,21-24,27H,7-9,15-20,25-26H2,1-6H3,(H,52,58)(H2,51,54,55)/t50-/m1/s1. The highest BCUT2D eigenvalue weighted by atomic mass is 32.1. The van der Waals surface area contributed by atoms with E-state index in [0.29, 0.717) is 94.9 Å². The number of amides is 2. The number of benzene rings is 2. The quantitative estimate of drug-likeness (QED) is 0.0709. The molecule has 17 nitrogen and oxygen atoms in total. The lowest BCUT2D eigenvalue weighted by molar-refractivity contribution is -0.173. The van der Waals surface area contributed by atoms with Gasteiger partial charge < -0.3 is 44.2 Å². The molecule has 0 bridgehead atoms.